The number of benzene rings is 1. The highest BCUT2D eigenvalue weighted by atomic mass is 79.9. The molecule has 0 atom stereocenters. The van der Waals surface area contributed by atoms with Crippen molar-refractivity contribution in [2.24, 2.45) is 0 Å². The highest BCUT2D eigenvalue weighted by molar-refractivity contribution is 9.10. The molecule has 3 N–H and O–H groups in total. The van der Waals surface area contributed by atoms with E-state index in [0.29, 0.717) is 17.5 Å². The van der Waals surface area contributed by atoms with Crippen molar-refractivity contribution in [3.05, 3.63) is 22.7 Å². The van der Waals surface area contributed by atoms with Gasteiger partial charge in [0.2, 0.25) is 0 Å². The molecule has 0 saturated heterocycles. The molecule has 0 heterocycles. The van der Waals surface area contributed by atoms with Crippen LogP contribution in [0.15, 0.2) is 22.7 Å². The summed E-state index contributed by atoms with van der Waals surface area (Å²) in [6, 6.07) is 5.61. The standard InChI is InChI=1S/C11H13BrN2O2/c12-7-3-8(13)5-10(4-7)16-6-11(15)14-9-1-2-9/h3-5,9H,1-2,6,13H2,(H,14,15). The molecule has 0 aliphatic heterocycles. The summed E-state index contributed by atoms with van der Waals surface area (Å²) in [6.45, 7) is 0.0341. The van der Waals surface area contributed by atoms with Crippen molar-refractivity contribution in [1.82, 2.24) is 5.32 Å². The second-order valence-corrected chi connectivity index (χ2v) is 4.77. The van der Waals surface area contributed by atoms with Crippen LogP contribution >= 0.6 is 15.9 Å². The average molecular weight is 285 g/mol. The third-order valence-electron chi connectivity index (χ3n) is 2.21. The van der Waals surface area contributed by atoms with Crippen molar-refractivity contribution in [1.29, 1.82) is 0 Å². The molecule has 1 aromatic rings. The minimum atomic E-state index is -0.0824. The normalized spacial score (nSPS) is 14.6. The lowest BCUT2D eigenvalue weighted by Gasteiger charge is -2.07. The Labute approximate surface area is 102 Å². The van der Waals surface area contributed by atoms with Gasteiger partial charge in [0.1, 0.15) is 5.75 Å². The Balaban J connectivity index is 1.85. The van der Waals surface area contributed by atoms with E-state index in [4.69, 9.17) is 10.5 Å². The number of nitrogens with one attached hydrogen (secondary N) is 1. The number of ether oxygens (including phenoxy) is 1. The van der Waals surface area contributed by atoms with Crippen LogP contribution in [0.3, 0.4) is 0 Å². The van der Waals surface area contributed by atoms with Crippen LogP contribution in [0.1, 0.15) is 12.8 Å². The lowest BCUT2D eigenvalue weighted by atomic mass is 10.3. The van der Waals surface area contributed by atoms with Crippen LogP contribution in [0.5, 0.6) is 5.75 Å². The van der Waals surface area contributed by atoms with E-state index in [2.05, 4.69) is 21.2 Å². The maximum atomic E-state index is 11.4. The van der Waals surface area contributed by atoms with E-state index in [1.54, 1.807) is 18.2 Å². The van der Waals surface area contributed by atoms with E-state index in [1.165, 1.54) is 0 Å². The molecule has 16 heavy (non-hydrogen) atoms. The molecule has 0 radical (unpaired) electrons. The van der Waals surface area contributed by atoms with Gasteiger partial charge in [0.15, 0.2) is 6.61 Å². The van der Waals surface area contributed by atoms with Crippen LogP contribution in [0.4, 0.5) is 5.69 Å². The molecule has 4 nitrogen and oxygen atoms in total. The number of nitrogens with two attached hydrogens (primary N) is 1. The summed E-state index contributed by atoms with van der Waals surface area (Å²) < 4.78 is 6.17. The molecular weight excluding hydrogens is 272 g/mol. The largest absolute Gasteiger partial charge is 0.484 e. The van der Waals surface area contributed by atoms with Crippen LogP contribution in [-0.4, -0.2) is 18.6 Å². The van der Waals surface area contributed by atoms with E-state index in [1.807, 2.05) is 0 Å². The highest BCUT2D eigenvalue weighted by Gasteiger charge is 2.23. The number of anilines is 1. The molecule has 1 aliphatic rings. The zero-order valence-corrected chi connectivity index (χ0v) is 10.3. The number of hydrogen-bond acceptors (Lipinski definition) is 3. The Morgan fingerprint density at radius 2 is 2.25 bits per heavy atom. The van der Waals surface area contributed by atoms with Gasteiger partial charge in [0.05, 0.1) is 0 Å². The van der Waals surface area contributed by atoms with Gasteiger partial charge in [0, 0.05) is 22.3 Å². The molecule has 86 valence electrons. The van der Waals surface area contributed by atoms with Gasteiger partial charge >= 0.3 is 0 Å². The number of rotatable bonds is 4. The lowest BCUT2D eigenvalue weighted by molar-refractivity contribution is -0.123. The number of halogens is 1. The van der Waals surface area contributed by atoms with Crippen LogP contribution in [0, 0.1) is 0 Å². The first-order chi connectivity index (χ1) is 7.63. The molecule has 0 spiro atoms. The Hall–Kier alpha value is -1.23. The van der Waals surface area contributed by atoms with Gasteiger partial charge in [-0.25, -0.2) is 0 Å². The van der Waals surface area contributed by atoms with E-state index in [-0.39, 0.29) is 12.5 Å². The Bertz CT molecular complexity index is 385. The first kappa shape index (κ1) is 11.3. The van der Waals surface area contributed by atoms with E-state index in [9.17, 15) is 4.79 Å². The highest BCUT2D eigenvalue weighted by Crippen LogP contribution is 2.23. The molecule has 1 saturated carbocycles. The fourth-order valence-corrected chi connectivity index (χ4v) is 1.80. The molecule has 5 heteroatoms. The van der Waals surface area contributed by atoms with Gasteiger partial charge < -0.3 is 15.8 Å². The molecule has 1 amide bonds. The molecule has 0 unspecified atom stereocenters. The Morgan fingerprint density at radius 1 is 1.50 bits per heavy atom. The minimum absolute atomic E-state index is 0.0341. The molecule has 1 aliphatic carbocycles. The molecule has 0 aromatic heterocycles. The number of carbonyl (C=O) groups excluding carboxylic acids is 1. The third kappa shape index (κ3) is 3.41. The Morgan fingerprint density at radius 3 is 2.88 bits per heavy atom. The fraction of sp³-hybridized carbons (Fsp3) is 0.364. The first-order valence-corrected chi connectivity index (χ1v) is 5.91. The summed E-state index contributed by atoms with van der Waals surface area (Å²) in [6.07, 6.45) is 2.16. The predicted molar refractivity (Wildman–Crippen MR) is 65.2 cm³/mol. The summed E-state index contributed by atoms with van der Waals surface area (Å²) in [7, 11) is 0. The minimum Gasteiger partial charge on any atom is -0.484 e. The van der Waals surface area contributed by atoms with Crippen LogP contribution in [-0.2, 0) is 4.79 Å². The summed E-state index contributed by atoms with van der Waals surface area (Å²) in [4.78, 5) is 11.4. The van der Waals surface area contributed by atoms with Crippen LogP contribution < -0.4 is 15.8 Å². The fourth-order valence-electron chi connectivity index (χ4n) is 1.31. The topological polar surface area (TPSA) is 64.3 Å². The van der Waals surface area contributed by atoms with Gasteiger partial charge in [-0.15, -0.1) is 0 Å². The Kier molecular flexibility index (Phi) is 3.33. The molecule has 1 fully saturated rings. The number of carbonyl (C=O) groups is 1. The van der Waals surface area contributed by atoms with Crippen molar-refractivity contribution in [3.63, 3.8) is 0 Å². The zero-order valence-electron chi connectivity index (χ0n) is 8.70. The predicted octanol–water partition coefficient (Wildman–Crippen LogP) is 1.69. The zero-order chi connectivity index (χ0) is 11.5. The molecule has 0 bridgehead atoms. The van der Waals surface area contributed by atoms with Crippen molar-refractivity contribution in [3.8, 4) is 5.75 Å². The number of amides is 1. The summed E-state index contributed by atoms with van der Waals surface area (Å²) in [5, 5.41) is 2.85. The summed E-state index contributed by atoms with van der Waals surface area (Å²) >= 11 is 3.31. The molecular formula is C11H13BrN2O2. The smallest absolute Gasteiger partial charge is 0.258 e. The van der Waals surface area contributed by atoms with Gasteiger partial charge in [-0.2, -0.15) is 0 Å². The van der Waals surface area contributed by atoms with Crippen LogP contribution in [0.25, 0.3) is 0 Å². The third-order valence-corrected chi connectivity index (χ3v) is 2.66. The average Bonchev–Trinajstić information content (AvgIpc) is 2.97. The van der Waals surface area contributed by atoms with Gasteiger partial charge in [-0.3, -0.25) is 4.79 Å². The van der Waals surface area contributed by atoms with Gasteiger partial charge in [-0.1, -0.05) is 15.9 Å². The maximum absolute atomic E-state index is 11.4. The van der Waals surface area contributed by atoms with Crippen molar-refractivity contribution in [2.75, 3.05) is 12.3 Å². The second-order valence-electron chi connectivity index (χ2n) is 3.85. The quantitative estimate of drug-likeness (QED) is 0.827. The van der Waals surface area contributed by atoms with Gasteiger partial charge in [0.25, 0.3) is 5.91 Å². The van der Waals surface area contributed by atoms with Crippen LogP contribution in [0.2, 0.25) is 0 Å². The lowest BCUT2D eigenvalue weighted by Crippen LogP contribution is -2.30. The maximum Gasteiger partial charge on any atom is 0.258 e. The SMILES string of the molecule is Nc1cc(Br)cc(OCC(=O)NC2CC2)c1. The van der Waals surface area contributed by atoms with Crippen molar-refractivity contribution >= 4 is 27.5 Å². The monoisotopic (exact) mass is 284 g/mol. The van der Waals surface area contributed by atoms with Crippen molar-refractivity contribution < 1.29 is 9.53 Å². The summed E-state index contributed by atoms with van der Waals surface area (Å²) in [5.41, 5.74) is 6.25. The number of nitrogen functional groups attached to an aromatic ring is 1. The van der Waals surface area contributed by atoms with Gasteiger partial charge in [-0.05, 0) is 25.0 Å². The second kappa shape index (κ2) is 4.74. The summed E-state index contributed by atoms with van der Waals surface area (Å²) in [5.74, 6) is 0.513. The molecule has 1 aromatic carbocycles. The first-order valence-electron chi connectivity index (χ1n) is 5.12. The van der Waals surface area contributed by atoms with E-state index >= 15 is 0 Å². The molecule has 2 rings (SSSR count). The number of hydrogen-bond donors (Lipinski definition) is 2. The van der Waals surface area contributed by atoms with E-state index < -0.39 is 0 Å². The van der Waals surface area contributed by atoms with Crippen molar-refractivity contribution in [2.45, 2.75) is 18.9 Å². The van der Waals surface area contributed by atoms with E-state index in [0.717, 1.165) is 17.3 Å².